The highest BCUT2D eigenvalue weighted by Crippen LogP contribution is 2.34. The van der Waals surface area contributed by atoms with E-state index in [0.29, 0.717) is 30.6 Å². The van der Waals surface area contributed by atoms with Crippen molar-refractivity contribution in [2.24, 2.45) is 0 Å². The number of anilines is 3. The van der Waals surface area contributed by atoms with Gasteiger partial charge in [0.25, 0.3) is 0 Å². The number of para-hydroxylation sites is 1. The summed E-state index contributed by atoms with van der Waals surface area (Å²) >= 11 is 0. The van der Waals surface area contributed by atoms with E-state index in [2.05, 4.69) is 25.4 Å². The highest BCUT2D eigenvalue weighted by Gasteiger charge is 2.22. The van der Waals surface area contributed by atoms with Gasteiger partial charge in [-0.2, -0.15) is 10.1 Å². The molecule has 154 valence electrons. The van der Waals surface area contributed by atoms with Gasteiger partial charge in [0, 0.05) is 42.5 Å². The van der Waals surface area contributed by atoms with Gasteiger partial charge in [-0.25, -0.2) is 4.98 Å². The molecule has 1 fully saturated rings. The number of hydrogen-bond acceptors (Lipinski definition) is 8. The average molecular weight is 413 g/mol. The van der Waals surface area contributed by atoms with E-state index in [9.17, 15) is 0 Å². The number of nitrogens with zero attached hydrogens (tertiary/aromatic N) is 5. The van der Waals surface area contributed by atoms with Crippen molar-refractivity contribution in [1.29, 1.82) is 0 Å². The first-order chi connectivity index (χ1) is 15.3. The molecule has 0 radical (unpaired) electrons. The highest BCUT2D eigenvalue weighted by molar-refractivity contribution is 5.92. The van der Waals surface area contributed by atoms with E-state index in [-0.39, 0.29) is 0 Å². The highest BCUT2D eigenvalue weighted by atomic mass is 16.5. The second kappa shape index (κ2) is 7.37. The minimum absolute atomic E-state index is 0.466. The number of aromatic amines is 1. The van der Waals surface area contributed by atoms with Gasteiger partial charge in [-0.1, -0.05) is 12.1 Å². The number of morpholine rings is 1. The Morgan fingerprint density at radius 3 is 2.71 bits per heavy atom. The largest absolute Gasteiger partial charge is 0.450 e. The van der Waals surface area contributed by atoms with E-state index in [1.165, 1.54) is 0 Å². The number of hydrogen-bond donors (Lipinski definition) is 2. The molecule has 0 atom stereocenters. The van der Waals surface area contributed by atoms with Crippen molar-refractivity contribution in [3.63, 3.8) is 0 Å². The van der Waals surface area contributed by atoms with Crippen LogP contribution in [0.5, 0.6) is 0 Å². The molecule has 0 spiro atoms. The Hall–Kier alpha value is -3.98. The van der Waals surface area contributed by atoms with Gasteiger partial charge in [0.05, 0.1) is 18.7 Å². The topological polar surface area (TPSA) is 105 Å². The van der Waals surface area contributed by atoms with E-state index in [1.807, 2.05) is 42.5 Å². The Kier molecular flexibility index (Phi) is 4.24. The van der Waals surface area contributed by atoms with Gasteiger partial charge in [0.2, 0.25) is 5.95 Å². The first-order valence-electron chi connectivity index (χ1n) is 10.1. The number of ether oxygens (including phenoxy) is 1. The zero-order valence-electron chi connectivity index (χ0n) is 16.6. The van der Waals surface area contributed by atoms with Crippen molar-refractivity contribution >= 4 is 39.6 Å². The lowest BCUT2D eigenvalue weighted by Gasteiger charge is -2.27. The van der Waals surface area contributed by atoms with Crippen LogP contribution in [0.3, 0.4) is 0 Å². The number of H-pyrrole nitrogens is 1. The quantitative estimate of drug-likeness (QED) is 0.459. The summed E-state index contributed by atoms with van der Waals surface area (Å²) in [4.78, 5) is 15.8. The maximum absolute atomic E-state index is 6.21. The van der Waals surface area contributed by atoms with E-state index >= 15 is 0 Å². The summed E-state index contributed by atoms with van der Waals surface area (Å²) in [6.45, 7) is 2.77. The van der Waals surface area contributed by atoms with Crippen molar-refractivity contribution in [3.8, 4) is 11.3 Å². The molecule has 0 amide bonds. The molecule has 1 aromatic carbocycles. The number of fused-ring (bicyclic) bond motifs is 2. The second-order valence-corrected chi connectivity index (χ2v) is 7.27. The number of pyridine rings is 1. The number of rotatable bonds is 4. The molecular formula is C22H19N7O2. The zero-order valence-corrected chi connectivity index (χ0v) is 16.6. The summed E-state index contributed by atoms with van der Waals surface area (Å²) in [5.74, 6) is 2.62. The molecular weight excluding hydrogens is 394 g/mol. The van der Waals surface area contributed by atoms with Crippen LogP contribution in [0.4, 0.5) is 17.6 Å². The Bertz CT molecular complexity index is 1360. The standard InChI is InChI=1S/C22H19N7O2/c1-2-4-16-15(3-1)20(28-27-16)25-22-24-17-13-18(14-5-7-23-8-6-14)31-19(17)21(26-22)29-9-11-30-12-10-29/h1-8,13H,9-12H2,(H2,24,25,26,27,28). The number of benzene rings is 1. The summed E-state index contributed by atoms with van der Waals surface area (Å²) in [6, 6.07) is 13.7. The van der Waals surface area contributed by atoms with Crippen LogP contribution in [-0.4, -0.2) is 51.5 Å². The van der Waals surface area contributed by atoms with E-state index in [4.69, 9.17) is 19.1 Å². The lowest BCUT2D eigenvalue weighted by atomic mass is 10.2. The molecule has 0 saturated carbocycles. The van der Waals surface area contributed by atoms with Crippen molar-refractivity contribution in [1.82, 2.24) is 25.1 Å². The van der Waals surface area contributed by atoms with Crippen LogP contribution in [0, 0.1) is 0 Å². The minimum Gasteiger partial charge on any atom is -0.450 e. The molecule has 9 heteroatoms. The summed E-state index contributed by atoms with van der Waals surface area (Å²) in [6.07, 6.45) is 3.49. The fourth-order valence-electron chi connectivity index (χ4n) is 3.78. The van der Waals surface area contributed by atoms with Gasteiger partial charge in [0.1, 0.15) is 11.3 Å². The van der Waals surface area contributed by atoms with Crippen molar-refractivity contribution in [2.75, 3.05) is 36.5 Å². The summed E-state index contributed by atoms with van der Waals surface area (Å²) in [5.41, 5.74) is 3.27. The zero-order chi connectivity index (χ0) is 20.6. The van der Waals surface area contributed by atoms with E-state index < -0.39 is 0 Å². The maximum atomic E-state index is 6.21. The molecule has 0 aliphatic carbocycles. The number of aromatic nitrogens is 5. The number of furan rings is 1. The number of nitrogens with one attached hydrogen (secondary N) is 2. The van der Waals surface area contributed by atoms with Gasteiger partial charge in [0.15, 0.2) is 17.2 Å². The summed E-state index contributed by atoms with van der Waals surface area (Å²) in [5, 5.41) is 11.7. The lowest BCUT2D eigenvalue weighted by Crippen LogP contribution is -2.37. The third-order valence-corrected chi connectivity index (χ3v) is 5.33. The molecule has 0 unspecified atom stereocenters. The Labute approximate surface area is 177 Å². The van der Waals surface area contributed by atoms with Crippen molar-refractivity contribution in [3.05, 3.63) is 54.9 Å². The van der Waals surface area contributed by atoms with Gasteiger partial charge in [-0.3, -0.25) is 10.1 Å². The van der Waals surface area contributed by atoms with Crippen LogP contribution in [0.25, 0.3) is 33.3 Å². The van der Waals surface area contributed by atoms with Crippen LogP contribution in [0.2, 0.25) is 0 Å². The molecule has 4 aromatic heterocycles. The first kappa shape index (κ1) is 17.8. The van der Waals surface area contributed by atoms with Crippen LogP contribution in [-0.2, 0) is 4.74 Å². The first-order valence-corrected chi connectivity index (χ1v) is 10.1. The van der Waals surface area contributed by atoms with Gasteiger partial charge in [-0.15, -0.1) is 0 Å². The molecule has 31 heavy (non-hydrogen) atoms. The molecule has 5 aromatic rings. The molecule has 1 aliphatic rings. The molecule has 1 aliphatic heterocycles. The average Bonchev–Trinajstić information content (AvgIpc) is 3.44. The van der Waals surface area contributed by atoms with Gasteiger partial charge >= 0.3 is 0 Å². The molecule has 2 N–H and O–H groups in total. The monoisotopic (exact) mass is 413 g/mol. The Balaban J connectivity index is 1.47. The van der Waals surface area contributed by atoms with Crippen LogP contribution >= 0.6 is 0 Å². The van der Waals surface area contributed by atoms with E-state index in [1.54, 1.807) is 12.4 Å². The third-order valence-electron chi connectivity index (χ3n) is 5.33. The predicted molar refractivity (Wildman–Crippen MR) is 117 cm³/mol. The Morgan fingerprint density at radius 1 is 1.00 bits per heavy atom. The third kappa shape index (κ3) is 3.24. The SMILES string of the molecule is c1ccc2c(Nc3nc(N4CCOCC4)c4oc(-c5ccncc5)cc4n3)n[nH]c2c1. The summed E-state index contributed by atoms with van der Waals surface area (Å²) in [7, 11) is 0. The fourth-order valence-corrected chi connectivity index (χ4v) is 3.78. The van der Waals surface area contributed by atoms with Crippen molar-refractivity contribution < 1.29 is 9.15 Å². The maximum Gasteiger partial charge on any atom is 0.231 e. The summed E-state index contributed by atoms with van der Waals surface area (Å²) < 4.78 is 11.7. The smallest absolute Gasteiger partial charge is 0.231 e. The van der Waals surface area contributed by atoms with E-state index in [0.717, 1.165) is 46.7 Å². The van der Waals surface area contributed by atoms with Crippen LogP contribution < -0.4 is 10.2 Å². The second-order valence-electron chi connectivity index (χ2n) is 7.27. The Morgan fingerprint density at radius 2 is 1.84 bits per heavy atom. The minimum atomic E-state index is 0.466. The van der Waals surface area contributed by atoms with Crippen LogP contribution in [0.1, 0.15) is 0 Å². The van der Waals surface area contributed by atoms with Gasteiger partial charge in [-0.05, 0) is 24.3 Å². The predicted octanol–water partition coefficient (Wildman–Crippen LogP) is 3.74. The molecule has 9 nitrogen and oxygen atoms in total. The molecule has 1 saturated heterocycles. The van der Waals surface area contributed by atoms with Crippen LogP contribution in [0.15, 0.2) is 59.3 Å². The lowest BCUT2D eigenvalue weighted by molar-refractivity contribution is 0.122. The van der Waals surface area contributed by atoms with Gasteiger partial charge < -0.3 is 19.4 Å². The normalized spacial score (nSPS) is 14.4. The molecule has 0 bridgehead atoms. The molecule has 5 heterocycles. The molecule has 6 rings (SSSR count). The fraction of sp³-hybridized carbons (Fsp3) is 0.182. The van der Waals surface area contributed by atoms with Crippen molar-refractivity contribution in [2.45, 2.75) is 0 Å².